The molecule has 0 spiro atoms. The van der Waals surface area contributed by atoms with Crippen LogP contribution in [0.3, 0.4) is 0 Å². The van der Waals surface area contributed by atoms with Crippen molar-refractivity contribution in [1.29, 1.82) is 5.26 Å². The van der Waals surface area contributed by atoms with Gasteiger partial charge in [-0.2, -0.15) is 49.9 Å². The summed E-state index contributed by atoms with van der Waals surface area (Å²) >= 11 is 11.5. The standard InChI is InChI=1S/C12H4Cl2F6N4OS.C2HF3O2/c13-5-1-4(11(15,16)17)2-6(14)8(5)24-10(22)9(7(3-21)23-24)26(25)12(18,19)20;3-2(4,5)1(6)7/h1-2H,22H2;(H,6,7). The Labute approximate surface area is 188 Å². The zero-order valence-electron chi connectivity index (χ0n) is 14.9. The predicted molar refractivity (Wildman–Crippen MR) is 93.9 cm³/mol. The fourth-order valence-electron chi connectivity index (χ4n) is 1.89. The first-order chi connectivity index (χ1) is 14.7. The third-order valence-corrected chi connectivity index (χ3v) is 4.95. The molecule has 182 valence electrons. The van der Waals surface area contributed by atoms with Gasteiger partial charge < -0.3 is 10.8 Å². The van der Waals surface area contributed by atoms with Crippen molar-refractivity contribution in [3.8, 4) is 11.8 Å². The lowest BCUT2D eigenvalue weighted by Gasteiger charge is -2.13. The molecule has 0 saturated carbocycles. The van der Waals surface area contributed by atoms with Crippen LogP contribution in [-0.2, 0) is 21.8 Å². The van der Waals surface area contributed by atoms with Crippen LogP contribution < -0.4 is 5.73 Å². The van der Waals surface area contributed by atoms with Gasteiger partial charge in [-0.25, -0.2) is 13.7 Å². The van der Waals surface area contributed by atoms with Crippen molar-refractivity contribution in [3.05, 3.63) is 33.4 Å². The van der Waals surface area contributed by atoms with E-state index in [0.717, 1.165) is 0 Å². The Morgan fingerprint density at radius 2 is 1.52 bits per heavy atom. The molecule has 0 bridgehead atoms. The van der Waals surface area contributed by atoms with Crippen LogP contribution in [-0.4, -0.2) is 36.7 Å². The third kappa shape index (κ3) is 6.65. The Balaban J connectivity index is 0.000000675. The first-order valence-electron chi connectivity index (χ1n) is 7.37. The maximum atomic E-state index is 12.7. The van der Waals surface area contributed by atoms with E-state index in [4.69, 9.17) is 44.1 Å². The molecule has 1 aromatic carbocycles. The Morgan fingerprint density at radius 1 is 1.09 bits per heavy atom. The number of aromatic nitrogens is 2. The molecule has 0 aliphatic rings. The summed E-state index contributed by atoms with van der Waals surface area (Å²) in [6.07, 6.45) is -9.87. The minimum atomic E-state index is -5.25. The summed E-state index contributed by atoms with van der Waals surface area (Å²) in [5.41, 5.74) is -2.42. The van der Waals surface area contributed by atoms with Gasteiger partial charge in [-0.15, -0.1) is 0 Å². The summed E-state index contributed by atoms with van der Waals surface area (Å²) in [5.74, 6) is -3.66. The Hall–Kier alpha value is -2.71. The van der Waals surface area contributed by atoms with Crippen LogP contribution >= 0.6 is 23.2 Å². The lowest BCUT2D eigenvalue weighted by Crippen LogP contribution is -2.21. The largest absolute Gasteiger partial charge is 0.490 e. The van der Waals surface area contributed by atoms with Gasteiger partial charge in [-0.1, -0.05) is 23.2 Å². The van der Waals surface area contributed by atoms with E-state index in [0.29, 0.717) is 16.8 Å². The van der Waals surface area contributed by atoms with Gasteiger partial charge in [0.15, 0.2) is 16.5 Å². The second kappa shape index (κ2) is 9.65. The molecular weight excluding hydrogens is 546 g/mol. The lowest BCUT2D eigenvalue weighted by atomic mass is 10.2. The summed E-state index contributed by atoms with van der Waals surface area (Å²) in [4.78, 5) is 7.75. The number of carboxylic acids is 1. The number of aliphatic carboxylic acids is 1. The van der Waals surface area contributed by atoms with Crippen molar-refractivity contribution in [1.82, 2.24) is 9.78 Å². The Kier molecular flexibility index (Phi) is 8.28. The van der Waals surface area contributed by atoms with E-state index < -0.39 is 72.3 Å². The minimum absolute atomic E-state index is 0.433. The van der Waals surface area contributed by atoms with E-state index >= 15 is 0 Å². The second-order valence-electron chi connectivity index (χ2n) is 5.39. The van der Waals surface area contributed by atoms with Crippen molar-refractivity contribution >= 4 is 45.8 Å². The fraction of sp³-hybridized carbons (Fsp3) is 0.214. The molecule has 19 heteroatoms. The molecule has 7 nitrogen and oxygen atoms in total. The van der Waals surface area contributed by atoms with E-state index in [1.165, 1.54) is 6.07 Å². The molecule has 3 N–H and O–H groups in total. The molecule has 0 aliphatic carbocycles. The molecule has 0 saturated heterocycles. The number of nitriles is 1. The van der Waals surface area contributed by atoms with Crippen molar-refractivity contribution in [2.24, 2.45) is 0 Å². The quantitative estimate of drug-likeness (QED) is 0.512. The first-order valence-corrected chi connectivity index (χ1v) is 9.28. The third-order valence-electron chi connectivity index (χ3n) is 3.18. The number of alkyl halides is 9. The van der Waals surface area contributed by atoms with Crippen LogP contribution in [0.1, 0.15) is 11.3 Å². The zero-order chi connectivity index (χ0) is 26.1. The van der Waals surface area contributed by atoms with E-state index in [9.17, 15) is 43.7 Å². The number of anilines is 1. The predicted octanol–water partition coefficient (Wildman–Crippen LogP) is 4.91. The number of nitrogen functional groups attached to an aromatic ring is 1. The van der Waals surface area contributed by atoms with Crippen LogP contribution in [0.5, 0.6) is 0 Å². The summed E-state index contributed by atoms with van der Waals surface area (Å²) in [7, 11) is -3.71. The minimum Gasteiger partial charge on any atom is -0.475 e. The van der Waals surface area contributed by atoms with Gasteiger partial charge in [0.05, 0.1) is 15.6 Å². The summed E-state index contributed by atoms with van der Waals surface area (Å²) in [6.45, 7) is 0. The summed E-state index contributed by atoms with van der Waals surface area (Å²) in [5, 5.41) is 18.2. The van der Waals surface area contributed by atoms with Crippen LogP contribution in [0, 0.1) is 11.3 Å². The molecule has 0 radical (unpaired) electrons. The Bertz CT molecular complexity index is 1110. The number of hydrogen-bond donors (Lipinski definition) is 2. The number of nitrogens with zero attached hydrogens (tertiary/aromatic N) is 3. The van der Waals surface area contributed by atoms with Crippen molar-refractivity contribution in [3.63, 3.8) is 0 Å². The maximum Gasteiger partial charge on any atom is 0.490 e. The van der Waals surface area contributed by atoms with Gasteiger partial charge in [0.2, 0.25) is 0 Å². The van der Waals surface area contributed by atoms with Crippen molar-refractivity contribution in [2.45, 2.75) is 22.8 Å². The molecule has 0 fully saturated rings. The molecule has 2 aromatic rings. The maximum absolute atomic E-state index is 12.7. The van der Waals surface area contributed by atoms with Crippen LogP contribution in [0.2, 0.25) is 10.0 Å². The summed E-state index contributed by atoms with van der Waals surface area (Å²) < 4.78 is 120. The smallest absolute Gasteiger partial charge is 0.475 e. The van der Waals surface area contributed by atoms with Gasteiger partial charge in [0.1, 0.15) is 22.5 Å². The fourth-order valence-corrected chi connectivity index (χ4v) is 3.31. The number of benzene rings is 1. The molecule has 1 aromatic heterocycles. The van der Waals surface area contributed by atoms with E-state index in [2.05, 4.69) is 5.10 Å². The molecule has 0 aliphatic heterocycles. The zero-order valence-corrected chi connectivity index (χ0v) is 17.2. The average molecular weight is 551 g/mol. The number of rotatable bonds is 2. The van der Waals surface area contributed by atoms with E-state index in [1.807, 2.05) is 0 Å². The van der Waals surface area contributed by atoms with Crippen LogP contribution in [0.4, 0.5) is 45.3 Å². The van der Waals surface area contributed by atoms with Gasteiger partial charge in [0.25, 0.3) is 0 Å². The van der Waals surface area contributed by atoms with Gasteiger partial charge >= 0.3 is 23.8 Å². The number of carbonyl (C=O) groups is 1. The van der Waals surface area contributed by atoms with E-state index in [-0.39, 0.29) is 0 Å². The molecule has 1 heterocycles. The van der Waals surface area contributed by atoms with Crippen LogP contribution in [0.15, 0.2) is 17.0 Å². The normalized spacial score (nSPS) is 13.0. The monoisotopic (exact) mass is 550 g/mol. The molecule has 0 amide bonds. The highest BCUT2D eigenvalue weighted by Crippen LogP contribution is 2.40. The highest BCUT2D eigenvalue weighted by Gasteiger charge is 2.43. The topological polar surface area (TPSA) is 122 Å². The lowest BCUT2D eigenvalue weighted by molar-refractivity contribution is -0.192. The molecular formula is C14H5Cl2F9N4O3S. The molecule has 1 unspecified atom stereocenters. The van der Waals surface area contributed by atoms with Crippen molar-refractivity contribution in [2.75, 3.05) is 5.73 Å². The van der Waals surface area contributed by atoms with Crippen molar-refractivity contribution < 1.29 is 53.6 Å². The molecule has 2 rings (SSSR count). The summed E-state index contributed by atoms with van der Waals surface area (Å²) in [6, 6.07) is 2.19. The number of hydrogen-bond acceptors (Lipinski definition) is 5. The van der Waals surface area contributed by atoms with Gasteiger partial charge in [-0.3, -0.25) is 0 Å². The van der Waals surface area contributed by atoms with Crippen LogP contribution in [0.25, 0.3) is 5.69 Å². The van der Waals surface area contributed by atoms with Gasteiger partial charge in [0, 0.05) is 0 Å². The molecule has 1 atom stereocenters. The number of halogens is 11. The number of carboxylic acid groups (broad SMARTS) is 1. The highest BCUT2D eigenvalue weighted by molar-refractivity contribution is 7.86. The number of nitrogens with two attached hydrogens (primary N) is 1. The first kappa shape index (κ1) is 28.3. The molecule has 33 heavy (non-hydrogen) atoms. The average Bonchev–Trinajstić information content (AvgIpc) is 2.94. The van der Waals surface area contributed by atoms with Gasteiger partial charge in [-0.05, 0) is 12.1 Å². The Morgan fingerprint density at radius 3 is 1.82 bits per heavy atom. The SMILES string of the molecule is N#Cc1nn(-c2c(Cl)cc(C(F)(F)F)cc2Cl)c(N)c1S(=O)C(F)(F)F.O=C(O)C(F)(F)F. The highest BCUT2D eigenvalue weighted by atomic mass is 35.5. The van der Waals surface area contributed by atoms with E-state index in [1.54, 1.807) is 0 Å². The second-order valence-corrected chi connectivity index (χ2v) is 7.61.